The molecule has 0 atom stereocenters. The highest BCUT2D eigenvalue weighted by Gasteiger charge is 2.14. The normalized spacial score (nSPS) is 10.7. The van der Waals surface area contributed by atoms with Crippen LogP contribution in [0.15, 0.2) is 40.0 Å². The summed E-state index contributed by atoms with van der Waals surface area (Å²) in [6.07, 6.45) is 3.67. The summed E-state index contributed by atoms with van der Waals surface area (Å²) in [4.78, 5) is 23.5. The summed E-state index contributed by atoms with van der Waals surface area (Å²) in [5.74, 6) is -0.254. The molecule has 0 saturated heterocycles. The van der Waals surface area contributed by atoms with Gasteiger partial charge in [0.1, 0.15) is 5.76 Å². The van der Waals surface area contributed by atoms with E-state index in [0.29, 0.717) is 41.1 Å². The number of rotatable bonds is 9. The van der Waals surface area contributed by atoms with Crippen LogP contribution < -0.4 is 20.2 Å². The minimum atomic E-state index is -0.901. The molecule has 0 saturated carbocycles. The van der Waals surface area contributed by atoms with Crippen molar-refractivity contribution in [3.63, 3.8) is 0 Å². The summed E-state index contributed by atoms with van der Waals surface area (Å²) in [6.45, 7) is 4.89. The van der Waals surface area contributed by atoms with Gasteiger partial charge in [0, 0.05) is 0 Å². The van der Waals surface area contributed by atoms with E-state index in [1.807, 2.05) is 13.8 Å². The lowest BCUT2D eigenvalue weighted by Gasteiger charge is -2.13. The van der Waals surface area contributed by atoms with Gasteiger partial charge in [-0.25, -0.2) is 5.43 Å². The zero-order valence-corrected chi connectivity index (χ0v) is 16.4. The maximum atomic E-state index is 11.8. The zero-order valence-electron chi connectivity index (χ0n) is 15.7. The monoisotopic (exact) mass is 407 g/mol. The summed E-state index contributed by atoms with van der Waals surface area (Å²) >= 11 is 6.26. The summed E-state index contributed by atoms with van der Waals surface area (Å²) in [6, 6.07) is 6.69. The van der Waals surface area contributed by atoms with Crippen LogP contribution in [-0.2, 0) is 16.1 Å². The Balaban J connectivity index is 1.96. The minimum absolute atomic E-state index is 0.107. The predicted molar refractivity (Wildman–Crippen MR) is 105 cm³/mol. The summed E-state index contributed by atoms with van der Waals surface area (Å²) in [5, 5.41) is 6.56. The third-order valence-electron chi connectivity index (χ3n) is 3.37. The Morgan fingerprint density at radius 1 is 1.25 bits per heavy atom. The van der Waals surface area contributed by atoms with Crippen molar-refractivity contribution in [2.24, 2.45) is 5.10 Å². The van der Waals surface area contributed by atoms with Crippen molar-refractivity contribution < 1.29 is 23.5 Å². The van der Waals surface area contributed by atoms with Crippen molar-refractivity contribution in [1.82, 2.24) is 10.7 Å². The van der Waals surface area contributed by atoms with E-state index in [4.69, 9.17) is 25.5 Å². The molecule has 0 aliphatic heterocycles. The average Bonchev–Trinajstić information content (AvgIpc) is 3.19. The van der Waals surface area contributed by atoms with E-state index < -0.39 is 11.8 Å². The number of furan rings is 1. The van der Waals surface area contributed by atoms with E-state index in [1.165, 1.54) is 12.5 Å². The van der Waals surface area contributed by atoms with Gasteiger partial charge in [0.05, 0.1) is 37.3 Å². The Hall–Kier alpha value is -3.00. The molecule has 1 aromatic heterocycles. The summed E-state index contributed by atoms with van der Waals surface area (Å²) in [5.41, 5.74) is 2.73. The molecule has 0 aliphatic carbocycles. The van der Waals surface area contributed by atoms with E-state index in [1.54, 1.807) is 24.3 Å². The van der Waals surface area contributed by atoms with Gasteiger partial charge in [0.15, 0.2) is 11.5 Å². The first-order valence-corrected chi connectivity index (χ1v) is 9.15. The number of hydrogen-bond acceptors (Lipinski definition) is 6. The molecule has 0 aliphatic rings. The SMILES string of the molecule is CCCOc1c(Cl)cc(/C=N\NC(=O)C(=O)NCc2ccco2)cc1OCC. The maximum absolute atomic E-state index is 11.8. The number of nitrogens with one attached hydrogen (secondary N) is 2. The van der Waals surface area contributed by atoms with Crippen molar-refractivity contribution in [1.29, 1.82) is 0 Å². The van der Waals surface area contributed by atoms with Crippen LogP contribution in [0.5, 0.6) is 11.5 Å². The maximum Gasteiger partial charge on any atom is 0.329 e. The lowest BCUT2D eigenvalue weighted by molar-refractivity contribution is -0.139. The van der Waals surface area contributed by atoms with Gasteiger partial charge in [0.25, 0.3) is 0 Å². The molecule has 2 aromatic rings. The second-order valence-corrected chi connectivity index (χ2v) is 5.98. The lowest BCUT2D eigenvalue weighted by atomic mass is 10.2. The molecule has 1 heterocycles. The molecule has 0 unspecified atom stereocenters. The van der Waals surface area contributed by atoms with Crippen LogP contribution in [0.25, 0.3) is 0 Å². The van der Waals surface area contributed by atoms with Crippen molar-refractivity contribution in [3.05, 3.63) is 46.9 Å². The number of carbonyl (C=O) groups excluding carboxylic acids is 2. The van der Waals surface area contributed by atoms with Gasteiger partial charge < -0.3 is 19.2 Å². The summed E-state index contributed by atoms with van der Waals surface area (Å²) < 4.78 is 16.2. The zero-order chi connectivity index (χ0) is 20.4. The number of carbonyl (C=O) groups is 2. The molecule has 0 bridgehead atoms. The number of hydrazone groups is 1. The first-order valence-electron chi connectivity index (χ1n) is 8.77. The molecule has 2 rings (SSSR count). The molecule has 0 radical (unpaired) electrons. The highest BCUT2D eigenvalue weighted by Crippen LogP contribution is 2.36. The second kappa shape index (κ2) is 11.0. The van der Waals surface area contributed by atoms with Crippen LogP contribution >= 0.6 is 11.6 Å². The van der Waals surface area contributed by atoms with Crippen molar-refractivity contribution in [2.45, 2.75) is 26.8 Å². The Morgan fingerprint density at radius 3 is 2.75 bits per heavy atom. The molecule has 2 N–H and O–H groups in total. The number of hydrogen-bond donors (Lipinski definition) is 2. The van der Waals surface area contributed by atoms with Crippen LogP contribution in [0.3, 0.4) is 0 Å². The molecule has 1 aromatic carbocycles. The molecule has 150 valence electrons. The van der Waals surface area contributed by atoms with Gasteiger partial charge in [0.2, 0.25) is 0 Å². The fraction of sp³-hybridized carbons (Fsp3) is 0.316. The molecule has 0 spiro atoms. The predicted octanol–water partition coefficient (Wildman–Crippen LogP) is 2.89. The third-order valence-corrected chi connectivity index (χ3v) is 3.65. The fourth-order valence-corrected chi connectivity index (χ4v) is 2.42. The molecular formula is C19H22ClN3O5. The smallest absolute Gasteiger partial charge is 0.329 e. The van der Waals surface area contributed by atoms with Gasteiger partial charge in [-0.05, 0) is 43.2 Å². The Labute approximate surface area is 167 Å². The number of ether oxygens (including phenoxy) is 2. The van der Waals surface area contributed by atoms with Crippen LogP contribution in [0.1, 0.15) is 31.6 Å². The van der Waals surface area contributed by atoms with E-state index in [-0.39, 0.29) is 6.54 Å². The quantitative estimate of drug-likeness (QED) is 0.378. The van der Waals surface area contributed by atoms with Crippen LogP contribution in [0.4, 0.5) is 0 Å². The third kappa shape index (κ3) is 6.31. The molecule has 8 nitrogen and oxygen atoms in total. The highest BCUT2D eigenvalue weighted by atomic mass is 35.5. The first kappa shape index (κ1) is 21.3. The lowest BCUT2D eigenvalue weighted by Crippen LogP contribution is -2.37. The number of amides is 2. The van der Waals surface area contributed by atoms with Gasteiger partial charge in [-0.2, -0.15) is 5.10 Å². The van der Waals surface area contributed by atoms with E-state index >= 15 is 0 Å². The first-order chi connectivity index (χ1) is 13.5. The van der Waals surface area contributed by atoms with Crippen molar-refractivity contribution >= 4 is 29.6 Å². The van der Waals surface area contributed by atoms with Crippen molar-refractivity contribution in [2.75, 3.05) is 13.2 Å². The van der Waals surface area contributed by atoms with Gasteiger partial charge in [-0.3, -0.25) is 9.59 Å². The minimum Gasteiger partial charge on any atom is -0.490 e. The molecule has 28 heavy (non-hydrogen) atoms. The highest BCUT2D eigenvalue weighted by molar-refractivity contribution is 6.35. The van der Waals surface area contributed by atoms with Crippen LogP contribution in [0.2, 0.25) is 5.02 Å². The van der Waals surface area contributed by atoms with Gasteiger partial charge in [-0.15, -0.1) is 0 Å². The van der Waals surface area contributed by atoms with E-state index in [0.717, 1.165) is 6.42 Å². The Kier molecular flexibility index (Phi) is 8.36. The largest absolute Gasteiger partial charge is 0.490 e. The molecule has 9 heteroatoms. The van der Waals surface area contributed by atoms with E-state index in [2.05, 4.69) is 15.8 Å². The van der Waals surface area contributed by atoms with Gasteiger partial charge >= 0.3 is 11.8 Å². The molecule has 2 amide bonds. The number of halogens is 1. The number of benzene rings is 1. The van der Waals surface area contributed by atoms with Crippen LogP contribution in [-0.4, -0.2) is 31.2 Å². The Bertz CT molecular complexity index is 821. The average molecular weight is 408 g/mol. The second-order valence-electron chi connectivity index (χ2n) is 5.57. The molecular weight excluding hydrogens is 386 g/mol. The Morgan fingerprint density at radius 2 is 2.07 bits per heavy atom. The van der Waals surface area contributed by atoms with Gasteiger partial charge in [-0.1, -0.05) is 18.5 Å². The fourth-order valence-electron chi connectivity index (χ4n) is 2.15. The topological polar surface area (TPSA) is 102 Å². The summed E-state index contributed by atoms with van der Waals surface area (Å²) in [7, 11) is 0. The molecule has 0 fully saturated rings. The van der Waals surface area contributed by atoms with Crippen LogP contribution in [0, 0.1) is 0 Å². The number of nitrogens with zero attached hydrogens (tertiary/aromatic N) is 1. The standard InChI is InChI=1S/C19H22ClN3O5/c1-3-7-28-17-15(20)9-13(10-16(17)26-4-2)11-22-23-19(25)18(24)21-12-14-6-5-8-27-14/h5-6,8-11H,3-4,7,12H2,1-2H3,(H,21,24)(H,23,25)/b22-11-. The van der Waals surface area contributed by atoms with E-state index in [9.17, 15) is 9.59 Å². The van der Waals surface area contributed by atoms with Crippen molar-refractivity contribution in [3.8, 4) is 11.5 Å².